The highest BCUT2D eigenvalue weighted by Crippen LogP contribution is 2.33. The van der Waals surface area contributed by atoms with Gasteiger partial charge in [-0.2, -0.15) is 0 Å². The Balaban J connectivity index is 2.00. The third-order valence-corrected chi connectivity index (χ3v) is 3.17. The number of aliphatic hydroxyl groups excluding tert-OH is 1. The molecule has 2 heteroatoms. The van der Waals surface area contributed by atoms with E-state index in [1.165, 1.54) is 19.3 Å². The maximum absolute atomic E-state index is 9.09. The minimum Gasteiger partial charge on any atom is -0.493 e. The monoisotopic (exact) mass is 220 g/mol. The van der Waals surface area contributed by atoms with Gasteiger partial charge in [-0.25, -0.2) is 0 Å². The summed E-state index contributed by atoms with van der Waals surface area (Å²) in [7, 11) is 0. The molecule has 0 bridgehead atoms. The fourth-order valence-electron chi connectivity index (χ4n) is 2.09. The van der Waals surface area contributed by atoms with E-state index in [0.29, 0.717) is 0 Å². The van der Waals surface area contributed by atoms with E-state index in [2.05, 4.69) is 0 Å². The fraction of sp³-hybridized carbons (Fsp3) is 0.571. The van der Waals surface area contributed by atoms with Gasteiger partial charge in [-0.1, -0.05) is 25.0 Å². The van der Waals surface area contributed by atoms with E-state index in [1.807, 2.05) is 26.0 Å². The molecular weight excluding hydrogens is 200 g/mol. The Hall–Kier alpha value is -1.02. The second-order valence-electron chi connectivity index (χ2n) is 4.80. The summed E-state index contributed by atoms with van der Waals surface area (Å²) in [6, 6.07) is 4.00. The van der Waals surface area contributed by atoms with Gasteiger partial charge in [0.15, 0.2) is 0 Å². The zero-order valence-electron chi connectivity index (χ0n) is 10.1. The van der Waals surface area contributed by atoms with E-state index in [-0.39, 0.29) is 6.61 Å². The molecule has 0 radical (unpaired) electrons. The number of ether oxygens (including phenoxy) is 1. The molecule has 0 aliphatic heterocycles. The van der Waals surface area contributed by atoms with Gasteiger partial charge in [-0.15, -0.1) is 0 Å². The zero-order chi connectivity index (χ0) is 11.5. The van der Waals surface area contributed by atoms with Crippen molar-refractivity contribution in [3.63, 3.8) is 0 Å². The molecule has 1 aromatic rings. The zero-order valence-corrected chi connectivity index (χ0v) is 10.1. The predicted octanol–water partition coefficient (Wildman–Crippen LogP) is 2.97. The van der Waals surface area contributed by atoms with Crippen molar-refractivity contribution in [1.29, 1.82) is 0 Å². The summed E-state index contributed by atoms with van der Waals surface area (Å²) in [5.41, 5.74) is 3.21. The van der Waals surface area contributed by atoms with E-state index < -0.39 is 0 Å². The lowest BCUT2D eigenvalue weighted by Gasteiger charge is -2.13. The molecule has 1 saturated carbocycles. The number of hydrogen-bond acceptors (Lipinski definition) is 2. The lowest BCUT2D eigenvalue weighted by atomic mass is 10.1. The van der Waals surface area contributed by atoms with Gasteiger partial charge in [0.05, 0.1) is 13.2 Å². The van der Waals surface area contributed by atoms with Crippen molar-refractivity contribution in [3.05, 3.63) is 28.8 Å². The number of rotatable bonds is 5. The van der Waals surface area contributed by atoms with Gasteiger partial charge in [-0.3, -0.25) is 0 Å². The van der Waals surface area contributed by atoms with Crippen LogP contribution in [0.3, 0.4) is 0 Å². The van der Waals surface area contributed by atoms with Crippen LogP contribution in [0.2, 0.25) is 0 Å². The average molecular weight is 220 g/mol. The number of hydrogen-bond donors (Lipinski definition) is 1. The Morgan fingerprint density at radius 2 is 1.88 bits per heavy atom. The second kappa shape index (κ2) is 4.88. The first-order valence-electron chi connectivity index (χ1n) is 6.04. The Morgan fingerprint density at radius 1 is 1.25 bits per heavy atom. The Labute approximate surface area is 97.3 Å². The molecular formula is C14H20O2. The van der Waals surface area contributed by atoms with Crippen LogP contribution < -0.4 is 4.74 Å². The first kappa shape index (κ1) is 11.5. The topological polar surface area (TPSA) is 29.5 Å². The van der Waals surface area contributed by atoms with Crippen molar-refractivity contribution >= 4 is 0 Å². The van der Waals surface area contributed by atoms with E-state index in [4.69, 9.17) is 9.84 Å². The van der Waals surface area contributed by atoms with Gasteiger partial charge in [0.25, 0.3) is 0 Å². The second-order valence-corrected chi connectivity index (χ2v) is 4.80. The van der Waals surface area contributed by atoms with Crippen LogP contribution in [0.15, 0.2) is 12.1 Å². The first-order chi connectivity index (χ1) is 7.70. The molecule has 2 rings (SSSR count). The van der Waals surface area contributed by atoms with Crippen molar-refractivity contribution < 1.29 is 9.84 Å². The highest BCUT2D eigenvalue weighted by molar-refractivity contribution is 5.43. The minimum atomic E-state index is 0.101. The molecule has 0 amide bonds. The highest BCUT2D eigenvalue weighted by Gasteiger charge is 2.20. The maximum Gasteiger partial charge on any atom is 0.125 e. The minimum absolute atomic E-state index is 0.101. The van der Waals surface area contributed by atoms with E-state index >= 15 is 0 Å². The van der Waals surface area contributed by atoms with Crippen LogP contribution in [0, 0.1) is 19.8 Å². The van der Waals surface area contributed by atoms with E-state index in [0.717, 1.165) is 35.0 Å². The summed E-state index contributed by atoms with van der Waals surface area (Å²) in [5, 5.41) is 9.09. The van der Waals surface area contributed by atoms with Crippen molar-refractivity contribution in [2.24, 2.45) is 5.92 Å². The standard InChI is InChI=1S/C14H20O2/c1-10-7-13(9-15)8-11(2)14(10)16-6-5-12-3-4-12/h7-8,12,15H,3-6,9H2,1-2H3. The summed E-state index contributed by atoms with van der Waals surface area (Å²) < 4.78 is 5.84. The van der Waals surface area contributed by atoms with Crippen LogP contribution in [0.25, 0.3) is 0 Å². The van der Waals surface area contributed by atoms with E-state index in [1.54, 1.807) is 0 Å². The van der Waals surface area contributed by atoms with E-state index in [9.17, 15) is 0 Å². The third-order valence-electron chi connectivity index (χ3n) is 3.17. The molecule has 1 aliphatic carbocycles. The summed E-state index contributed by atoms with van der Waals surface area (Å²) in [4.78, 5) is 0. The molecule has 16 heavy (non-hydrogen) atoms. The van der Waals surface area contributed by atoms with Crippen LogP contribution in [0.4, 0.5) is 0 Å². The van der Waals surface area contributed by atoms with Crippen LogP contribution in [0.1, 0.15) is 36.0 Å². The first-order valence-corrected chi connectivity index (χ1v) is 6.04. The van der Waals surface area contributed by atoms with Crippen molar-refractivity contribution in [1.82, 2.24) is 0 Å². The maximum atomic E-state index is 9.09. The highest BCUT2D eigenvalue weighted by atomic mass is 16.5. The SMILES string of the molecule is Cc1cc(CO)cc(C)c1OCCC1CC1. The molecule has 2 nitrogen and oxygen atoms in total. The van der Waals surface area contributed by atoms with Crippen LogP contribution in [-0.2, 0) is 6.61 Å². The molecule has 0 atom stereocenters. The quantitative estimate of drug-likeness (QED) is 0.826. The summed E-state index contributed by atoms with van der Waals surface area (Å²) in [6.45, 7) is 5.01. The normalized spacial score (nSPS) is 15.2. The molecule has 0 heterocycles. The predicted molar refractivity (Wildman–Crippen MR) is 64.7 cm³/mol. The van der Waals surface area contributed by atoms with Crippen LogP contribution in [0.5, 0.6) is 5.75 Å². The Morgan fingerprint density at radius 3 is 2.38 bits per heavy atom. The van der Waals surface area contributed by atoms with Gasteiger partial charge in [0.2, 0.25) is 0 Å². The lowest BCUT2D eigenvalue weighted by molar-refractivity contribution is 0.280. The molecule has 0 unspecified atom stereocenters. The van der Waals surface area contributed by atoms with Crippen molar-refractivity contribution in [3.8, 4) is 5.75 Å². The summed E-state index contributed by atoms with van der Waals surface area (Å²) >= 11 is 0. The molecule has 1 N–H and O–H groups in total. The molecule has 1 fully saturated rings. The van der Waals surface area contributed by atoms with Gasteiger partial charge in [-0.05, 0) is 42.9 Å². The largest absolute Gasteiger partial charge is 0.493 e. The van der Waals surface area contributed by atoms with Crippen molar-refractivity contribution in [2.75, 3.05) is 6.61 Å². The molecule has 0 spiro atoms. The number of aliphatic hydroxyl groups is 1. The number of benzene rings is 1. The summed E-state index contributed by atoms with van der Waals surface area (Å²) in [5.74, 6) is 1.91. The average Bonchev–Trinajstić information content (AvgIpc) is 3.05. The molecule has 0 aromatic heterocycles. The lowest BCUT2D eigenvalue weighted by Crippen LogP contribution is -2.02. The molecule has 1 aliphatic rings. The van der Waals surface area contributed by atoms with Crippen LogP contribution >= 0.6 is 0 Å². The fourth-order valence-corrected chi connectivity index (χ4v) is 2.09. The smallest absolute Gasteiger partial charge is 0.125 e. The Kier molecular flexibility index (Phi) is 3.49. The molecule has 0 saturated heterocycles. The van der Waals surface area contributed by atoms with Crippen molar-refractivity contribution in [2.45, 2.75) is 39.7 Å². The van der Waals surface area contributed by atoms with Gasteiger partial charge < -0.3 is 9.84 Å². The van der Waals surface area contributed by atoms with Crippen LogP contribution in [-0.4, -0.2) is 11.7 Å². The van der Waals surface area contributed by atoms with Gasteiger partial charge in [0, 0.05) is 0 Å². The summed E-state index contributed by atoms with van der Waals surface area (Å²) in [6.07, 6.45) is 3.94. The van der Waals surface area contributed by atoms with Gasteiger partial charge >= 0.3 is 0 Å². The van der Waals surface area contributed by atoms with Gasteiger partial charge in [0.1, 0.15) is 5.75 Å². The number of aryl methyl sites for hydroxylation is 2. The Bertz CT molecular complexity index is 344. The molecule has 1 aromatic carbocycles. The molecule has 88 valence electrons. The third kappa shape index (κ3) is 2.76.